The molecule has 96 valence electrons. The highest BCUT2D eigenvalue weighted by Gasteiger charge is 2.36. The number of hydrogen-bond donors (Lipinski definition) is 2. The smallest absolute Gasteiger partial charge is 0.123 e. The molecular formula is C15H20N2O. The van der Waals surface area contributed by atoms with Crippen LogP contribution < -0.4 is 10.5 Å². The molecular weight excluding hydrogens is 224 g/mol. The minimum atomic E-state index is 0.116. The summed E-state index contributed by atoms with van der Waals surface area (Å²) in [5, 5.41) is 1.20. The van der Waals surface area contributed by atoms with Crippen molar-refractivity contribution in [1.29, 1.82) is 0 Å². The van der Waals surface area contributed by atoms with E-state index >= 15 is 0 Å². The van der Waals surface area contributed by atoms with E-state index in [0.29, 0.717) is 6.54 Å². The Morgan fingerprint density at radius 3 is 2.78 bits per heavy atom. The quantitative estimate of drug-likeness (QED) is 0.872. The number of nitrogens with two attached hydrogens (primary N) is 1. The van der Waals surface area contributed by atoms with E-state index in [1.54, 1.807) is 7.11 Å². The van der Waals surface area contributed by atoms with Crippen molar-refractivity contribution in [3.63, 3.8) is 0 Å². The molecule has 3 nitrogen and oxygen atoms in total. The van der Waals surface area contributed by atoms with Crippen molar-refractivity contribution in [2.75, 3.05) is 13.7 Å². The van der Waals surface area contributed by atoms with Crippen molar-refractivity contribution in [2.45, 2.75) is 31.1 Å². The molecule has 18 heavy (non-hydrogen) atoms. The minimum absolute atomic E-state index is 0.116. The van der Waals surface area contributed by atoms with Crippen LogP contribution in [-0.4, -0.2) is 18.6 Å². The molecule has 1 aliphatic rings. The lowest BCUT2D eigenvalue weighted by Crippen LogP contribution is -2.32. The molecule has 0 spiro atoms. The number of methoxy groups -OCH3 is 1. The molecule has 1 fully saturated rings. The number of hydrogen-bond acceptors (Lipinski definition) is 2. The van der Waals surface area contributed by atoms with E-state index in [4.69, 9.17) is 10.5 Å². The minimum Gasteiger partial charge on any atom is -0.496 e. The van der Waals surface area contributed by atoms with Gasteiger partial charge in [0, 0.05) is 34.6 Å². The van der Waals surface area contributed by atoms with Gasteiger partial charge in [-0.15, -0.1) is 0 Å². The molecule has 0 saturated heterocycles. The molecule has 3 rings (SSSR count). The van der Waals surface area contributed by atoms with Gasteiger partial charge in [0.1, 0.15) is 5.75 Å². The first-order chi connectivity index (χ1) is 8.79. The molecule has 3 N–H and O–H groups in total. The van der Waals surface area contributed by atoms with Crippen molar-refractivity contribution in [1.82, 2.24) is 4.98 Å². The summed E-state index contributed by atoms with van der Waals surface area (Å²) >= 11 is 0. The first kappa shape index (κ1) is 11.6. The van der Waals surface area contributed by atoms with Crippen LogP contribution >= 0.6 is 0 Å². The van der Waals surface area contributed by atoms with Crippen LogP contribution in [0.5, 0.6) is 5.75 Å². The van der Waals surface area contributed by atoms with Crippen molar-refractivity contribution < 1.29 is 4.74 Å². The first-order valence-corrected chi connectivity index (χ1v) is 6.65. The molecule has 1 aromatic carbocycles. The Kier molecular flexibility index (Phi) is 2.78. The highest BCUT2D eigenvalue weighted by Crippen LogP contribution is 2.45. The monoisotopic (exact) mass is 244 g/mol. The molecule has 1 heterocycles. The zero-order chi connectivity index (χ0) is 12.6. The number of H-pyrrole nitrogens is 1. The molecule has 0 unspecified atom stereocenters. The molecule has 0 radical (unpaired) electrons. The van der Waals surface area contributed by atoms with Crippen LogP contribution in [-0.2, 0) is 5.41 Å². The normalized spacial score (nSPS) is 18.3. The second-order valence-electron chi connectivity index (χ2n) is 5.31. The van der Waals surface area contributed by atoms with Gasteiger partial charge >= 0.3 is 0 Å². The Hall–Kier alpha value is -1.48. The van der Waals surface area contributed by atoms with Crippen molar-refractivity contribution in [3.8, 4) is 5.75 Å². The predicted octanol–water partition coefficient (Wildman–Crippen LogP) is 2.95. The molecule has 0 atom stereocenters. The highest BCUT2D eigenvalue weighted by atomic mass is 16.5. The zero-order valence-electron chi connectivity index (χ0n) is 10.8. The maximum atomic E-state index is 6.08. The lowest BCUT2D eigenvalue weighted by molar-refractivity contribution is 0.378. The molecule has 2 aromatic rings. The fourth-order valence-corrected chi connectivity index (χ4v) is 3.30. The summed E-state index contributed by atoms with van der Waals surface area (Å²) in [7, 11) is 1.75. The van der Waals surface area contributed by atoms with Gasteiger partial charge in [-0.05, 0) is 31.0 Å². The number of rotatable bonds is 3. The lowest BCUT2D eigenvalue weighted by Gasteiger charge is -2.29. The molecule has 1 saturated carbocycles. The van der Waals surface area contributed by atoms with Gasteiger partial charge in [0.05, 0.1) is 7.11 Å². The van der Waals surface area contributed by atoms with E-state index in [0.717, 1.165) is 5.75 Å². The van der Waals surface area contributed by atoms with Gasteiger partial charge in [-0.3, -0.25) is 0 Å². The Balaban J connectivity index is 2.19. The number of aromatic nitrogens is 1. The summed E-state index contributed by atoms with van der Waals surface area (Å²) in [5.41, 5.74) is 8.64. The van der Waals surface area contributed by atoms with Crippen molar-refractivity contribution in [2.24, 2.45) is 5.73 Å². The van der Waals surface area contributed by atoms with E-state index < -0.39 is 0 Å². The fourth-order valence-electron chi connectivity index (χ4n) is 3.30. The zero-order valence-corrected chi connectivity index (χ0v) is 10.8. The van der Waals surface area contributed by atoms with Gasteiger partial charge in [-0.1, -0.05) is 12.8 Å². The molecule has 1 aromatic heterocycles. The van der Waals surface area contributed by atoms with Crippen molar-refractivity contribution in [3.05, 3.63) is 30.0 Å². The van der Waals surface area contributed by atoms with E-state index in [1.807, 2.05) is 6.20 Å². The summed E-state index contributed by atoms with van der Waals surface area (Å²) in [4.78, 5) is 3.28. The molecule has 0 aliphatic heterocycles. The Labute approximate surface area is 107 Å². The van der Waals surface area contributed by atoms with Crippen LogP contribution in [0.2, 0.25) is 0 Å². The van der Waals surface area contributed by atoms with Crippen LogP contribution in [0.4, 0.5) is 0 Å². The van der Waals surface area contributed by atoms with E-state index in [2.05, 4.69) is 23.2 Å². The third kappa shape index (κ3) is 1.62. The number of aromatic amines is 1. The van der Waals surface area contributed by atoms with Gasteiger partial charge in [-0.25, -0.2) is 0 Å². The van der Waals surface area contributed by atoms with E-state index in [-0.39, 0.29) is 5.41 Å². The summed E-state index contributed by atoms with van der Waals surface area (Å²) in [6, 6.07) is 6.43. The molecule has 0 amide bonds. The SMILES string of the molecule is COc1cc2cc[nH]c2cc1C1(CN)CCCC1. The fraction of sp³-hybridized carbons (Fsp3) is 0.467. The van der Waals surface area contributed by atoms with Gasteiger partial charge < -0.3 is 15.5 Å². The maximum absolute atomic E-state index is 6.08. The van der Waals surface area contributed by atoms with Gasteiger partial charge in [0.15, 0.2) is 0 Å². The number of benzene rings is 1. The van der Waals surface area contributed by atoms with E-state index in [1.165, 1.54) is 42.1 Å². The number of fused-ring (bicyclic) bond motifs is 1. The first-order valence-electron chi connectivity index (χ1n) is 6.65. The Morgan fingerprint density at radius 1 is 1.33 bits per heavy atom. The molecule has 0 bridgehead atoms. The van der Waals surface area contributed by atoms with Crippen LogP contribution in [0.1, 0.15) is 31.2 Å². The standard InChI is InChI=1S/C15H20N2O/c1-18-14-8-11-4-7-17-13(11)9-12(14)15(10-16)5-2-3-6-15/h4,7-9,17H,2-3,5-6,10,16H2,1H3. The third-order valence-electron chi connectivity index (χ3n) is 4.40. The van der Waals surface area contributed by atoms with Crippen LogP contribution in [0.3, 0.4) is 0 Å². The average Bonchev–Trinajstić information content (AvgIpc) is 3.06. The topological polar surface area (TPSA) is 51.0 Å². The molecule has 1 aliphatic carbocycles. The lowest BCUT2D eigenvalue weighted by atomic mass is 9.78. The Bertz CT molecular complexity index is 553. The van der Waals surface area contributed by atoms with Gasteiger partial charge in [0.2, 0.25) is 0 Å². The maximum Gasteiger partial charge on any atom is 0.123 e. The number of nitrogens with one attached hydrogen (secondary N) is 1. The third-order valence-corrected chi connectivity index (χ3v) is 4.40. The second kappa shape index (κ2) is 4.32. The molecule has 3 heteroatoms. The van der Waals surface area contributed by atoms with Crippen molar-refractivity contribution >= 4 is 10.9 Å². The van der Waals surface area contributed by atoms with E-state index in [9.17, 15) is 0 Å². The summed E-state index contributed by atoms with van der Waals surface area (Å²) in [6.07, 6.45) is 6.85. The van der Waals surface area contributed by atoms with Crippen LogP contribution in [0, 0.1) is 0 Å². The van der Waals surface area contributed by atoms with Gasteiger partial charge in [-0.2, -0.15) is 0 Å². The largest absolute Gasteiger partial charge is 0.496 e. The summed E-state index contributed by atoms with van der Waals surface area (Å²) in [5.74, 6) is 0.981. The van der Waals surface area contributed by atoms with Gasteiger partial charge in [0.25, 0.3) is 0 Å². The second-order valence-corrected chi connectivity index (χ2v) is 5.31. The average molecular weight is 244 g/mol. The number of ether oxygens (including phenoxy) is 1. The Morgan fingerprint density at radius 2 is 2.11 bits per heavy atom. The highest BCUT2D eigenvalue weighted by molar-refractivity contribution is 5.82. The summed E-state index contributed by atoms with van der Waals surface area (Å²) < 4.78 is 5.59. The van der Waals surface area contributed by atoms with Crippen LogP contribution in [0.25, 0.3) is 10.9 Å². The van der Waals surface area contributed by atoms with Crippen LogP contribution in [0.15, 0.2) is 24.4 Å². The predicted molar refractivity (Wildman–Crippen MR) is 74.1 cm³/mol. The summed E-state index contributed by atoms with van der Waals surface area (Å²) in [6.45, 7) is 0.704.